The highest BCUT2D eigenvalue weighted by atomic mass is 16.6. The maximum Gasteiger partial charge on any atom is 0.170 e. The van der Waals surface area contributed by atoms with Gasteiger partial charge in [-0.3, -0.25) is 0 Å². The second-order valence-corrected chi connectivity index (χ2v) is 7.78. The molecule has 1 heterocycles. The Morgan fingerprint density at radius 2 is 1.76 bits per heavy atom. The van der Waals surface area contributed by atoms with Crippen molar-refractivity contribution in [3.05, 3.63) is 35.9 Å². The van der Waals surface area contributed by atoms with Crippen molar-refractivity contribution in [3.8, 4) is 0 Å². The van der Waals surface area contributed by atoms with E-state index in [1.54, 1.807) is 0 Å². The Morgan fingerprint density at radius 3 is 2.38 bits per heavy atom. The lowest BCUT2D eigenvalue weighted by Crippen LogP contribution is -2.61. The summed E-state index contributed by atoms with van der Waals surface area (Å²) in [6.45, 7) is 7.06. The summed E-state index contributed by atoms with van der Waals surface area (Å²) >= 11 is 0. The van der Waals surface area contributed by atoms with Crippen LogP contribution < -0.4 is 0 Å². The average Bonchev–Trinajstić information content (AvgIpc) is 3.11. The first kappa shape index (κ1) is 13.7. The summed E-state index contributed by atoms with van der Waals surface area (Å²) < 4.78 is 6.18. The van der Waals surface area contributed by atoms with Gasteiger partial charge in [0.15, 0.2) is 5.72 Å². The highest BCUT2D eigenvalue weighted by Gasteiger charge is 2.72. The molecule has 3 unspecified atom stereocenters. The van der Waals surface area contributed by atoms with Crippen LogP contribution >= 0.6 is 0 Å². The molecule has 0 amide bonds. The lowest BCUT2D eigenvalue weighted by atomic mass is 9.63. The standard InChI is InChI=1S/C18H24NO2/c1-16(2)14-9-10-15(11-14)18(16)12-21-17(3,19(18)20)13-7-5-4-6-8-13/h4-8,14-15H,9-12H2,1-3H3/t14?,15?,17-,18?/m1/s1. The van der Waals surface area contributed by atoms with E-state index in [9.17, 15) is 5.21 Å². The minimum atomic E-state index is -0.844. The van der Waals surface area contributed by atoms with E-state index in [1.807, 2.05) is 37.3 Å². The normalized spacial score (nSPS) is 44.8. The molecule has 3 heteroatoms. The van der Waals surface area contributed by atoms with E-state index < -0.39 is 5.72 Å². The van der Waals surface area contributed by atoms with Crippen molar-refractivity contribution in [2.75, 3.05) is 6.61 Å². The predicted octanol–water partition coefficient (Wildman–Crippen LogP) is 3.73. The fourth-order valence-electron chi connectivity index (χ4n) is 5.38. The highest BCUT2D eigenvalue weighted by molar-refractivity contribution is 5.27. The predicted molar refractivity (Wildman–Crippen MR) is 79.6 cm³/mol. The smallest absolute Gasteiger partial charge is 0.170 e. The topological polar surface area (TPSA) is 32.4 Å². The number of ether oxygens (including phenoxy) is 1. The van der Waals surface area contributed by atoms with E-state index in [4.69, 9.17) is 4.74 Å². The molecule has 1 spiro atoms. The molecule has 4 atom stereocenters. The minimum absolute atomic E-state index is 0.0320. The van der Waals surface area contributed by atoms with Gasteiger partial charge in [-0.2, -0.15) is 0 Å². The summed E-state index contributed by atoms with van der Waals surface area (Å²) in [7, 11) is 0. The van der Waals surface area contributed by atoms with Crippen molar-refractivity contribution in [1.82, 2.24) is 5.06 Å². The van der Waals surface area contributed by atoms with Crippen LogP contribution in [0.1, 0.15) is 45.6 Å². The van der Waals surface area contributed by atoms with Crippen molar-refractivity contribution in [3.63, 3.8) is 0 Å². The molecule has 3 aliphatic rings. The van der Waals surface area contributed by atoms with Crippen molar-refractivity contribution < 1.29 is 9.94 Å². The summed E-state index contributed by atoms with van der Waals surface area (Å²) in [5.41, 5.74) is -0.191. The lowest BCUT2D eigenvalue weighted by molar-refractivity contribution is -0.318. The summed E-state index contributed by atoms with van der Waals surface area (Å²) in [5.74, 6) is 1.15. The van der Waals surface area contributed by atoms with Gasteiger partial charge < -0.3 is 4.74 Å². The monoisotopic (exact) mass is 286 g/mol. The van der Waals surface area contributed by atoms with Crippen LogP contribution in [0.25, 0.3) is 0 Å². The molecular formula is C18H24NO2. The minimum Gasteiger partial charge on any atom is -0.352 e. The molecular weight excluding hydrogens is 262 g/mol. The number of hydrogen-bond donors (Lipinski definition) is 0. The number of hydroxylamine groups is 2. The third-order valence-corrected chi connectivity index (χ3v) is 6.88. The Hall–Kier alpha value is -0.900. The molecule has 3 nitrogen and oxygen atoms in total. The molecule has 2 bridgehead atoms. The van der Waals surface area contributed by atoms with Crippen molar-refractivity contribution >= 4 is 0 Å². The quantitative estimate of drug-likeness (QED) is 0.788. The van der Waals surface area contributed by atoms with Crippen LogP contribution in [-0.4, -0.2) is 17.2 Å². The van der Waals surface area contributed by atoms with Crippen molar-refractivity contribution in [2.45, 2.75) is 51.3 Å². The lowest BCUT2D eigenvalue weighted by Gasteiger charge is -2.49. The molecule has 1 saturated heterocycles. The van der Waals surface area contributed by atoms with Gasteiger partial charge in [0.25, 0.3) is 0 Å². The van der Waals surface area contributed by atoms with E-state index in [1.165, 1.54) is 24.3 Å². The first-order valence-corrected chi connectivity index (χ1v) is 8.10. The Balaban J connectivity index is 1.78. The number of fused-ring (bicyclic) bond motifs is 3. The van der Waals surface area contributed by atoms with Gasteiger partial charge in [-0.1, -0.05) is 44.2 Å². The van der Waals surface area contributed by atoms with E-state index in [2.05, 4.69) is 13.8 Å². The first-order valence-electron chi connectivity index (χ1n) is 8.10. The molecule has 1 aromatic carbocycles. The molecule has 2 saturated carbocycles. The number of nitrogens with zero attached hydrogens (tertiary/aromatic N) is 1. The zero-order valence-electron chi connectivity index (χ0n) is 13.1. The second-order valence-electron chi connectivity index (χ2n) is 7.78. The van der Waals surface area contributed by atoms with E-state index >= 15 is 0 Å². The molecule has 1 aromatic rings. The van der Waals surface area contributed by atoms with Crippen molar-refractivity contribution in [1.29, 1.82) is 0 Å². The Labute approximate surface area is 126 Å². The number of hydrogen-bond acceptors (Lipinski definition) is 2. The molecule has 21 heavy (non-hydrogen) atoms. The zero-order chi connectivity index (χ0) is 14.9. The van der Waals surface area contributed by atoms with Gasteiger partial charge in [0.2, 0.25) is 0 Å². The summed E-state index contributed by atoms with van der Waals surface area (Å²) in [6.07, 6.45) is 3.65. The van der Waals surface area contributed by atoms with Gasteiger partial charge in [0, 0.05) is 5.56 Å². The molecule has 0 N–H and O–H groups in total. The first-order chi connectivity index (χ1) is 9.93. The van der Waals surface area contributed by atoms with E-state index in [-0.39, 0.29) is 11.0 Å². The molecule has 1 radical (unpaired) electrons. The Kier molecular flexibility index (Phi) is 2.68. The summed E-state index contributed by atoms with van der Waals surface area (Å²) in [5, 5.41) is 14.8. The molecule has 0 aromatic heterocycles. The van der Waals surface area contributed by atoms with Crippen LogP contribution in [0.5, 0.6) is 0 Å². The van der Waals surface area contributed by atoms with Gasteiger partial charge in [0.05, 0.1) is 12.1 Å². The SMILES string of the molecule is CC1(C)C2CCC(C2)C12CO[C@](C)(c1ccccc1)N2[O]. The van der Waals surface area contributed by atoms with Gasteiger partial charge in [-0.25, -0.2) is 0 Å². The Bertz CT molecular complexity index is 558. The van der Waals surface area contributed by atoms with Crippen LogP contribution in [0.4, 0.5) is 0 Å². The van der Waals surface area contributed by atoms with Crippen LogP contribution in [0.3, 0.4) is 0 Å². The van der Waals surface area contributed by atoms with Crippen molar-refractivity contribution in [2.24, 2.45) is 17.3 Å². The maximum atomic E-state index is 13.4. The molecule has 2 aliphatic carbocycles. The van der Waals surface area contributed by atoms with Gasteiger partial charge in [0.1, 0.15) is 0 Å². The van der Waals surface area contributed by atoms with Crippen LogP contribution in [-0.2, 0) is 15.7 Å². The molecule has 1 aliphatic heterocycles. The third kappa shape index (κ3) is 1.45. The third-order valence-electron chi connectivity index (χ3n) is 6.88. The van der Waals surface area contributed by atoms with Crippen LogP contribution in [0, 0.1) is 17.3 Å². The van der Waals surface area contributed by atoms with Gasteiger partial charge in [-0.05, 0) is 43.4 Å². The fourth-order valence-corrected chi connectivity index (χ4v) is 5.38. The summed E-state index contributed by atoms with van der Waals surface area (Å²) in [4.78, 5) is 0. The largest absolute Gasteiger partial charge is 0.352 e. The van der Waals surface area contributed by atoms with Crippen LogP contribution in [0.15, 0.2) is 30.3 Å². The van der Waals surface area contributed by atoms with Crippen LogP contribution in [0.2, 0.25) is 0 Å². The van der Waals surface area contributed by atoms with E-state index in [0.717, 1.165) is 5.56 Å². The van der Waals surface area contributed by atoms with Gasteiger partial charge in [-0.15, -0.1) is 10.3 Å². The zero-order valence-corrected chi connectivity index (χ0v) is 13.1. The number of benzene rings is 1. The fraction of sp³-hybridized carbons (Fsp3) is 0.667. The Morgan fingerprint density at radius 1 is 1.10 bits per heavy atom. The average molecular weight is 286 g/mol. The number of rotatable bonds is 1. The molecule has 113 valence electrons. The summed E-state index contributed by atoms with van der Waals surface area (Å²) in [6, 6.07) is 9.95. The maximum absolute atomic E-state index is 13.4. The van der Waals surface area contributed by atoms with Gasteiger partial charge >= 0.3 is 0 Å². The molecule has 4 rings (SSSR count). The highest BCUT2D eigenvalue weighted by Crippen LogP contribution is 2.67. The molecule has 3 fully saturated rings. The van der Waals surface area contributed by atoms with E-state index in [0.29, 0.717) is 18.4 Å². The second kappa shape index (κ2) is 4.09.